The molecule has 138 valence electrons. The average molecular weight is 420 g/mol. The molecule has 0 aliphatic carbocycles. The molecule has 0 bridgehead atoms. The smallest absolute Gasteiger partial charge is 0.239 e. The summed E-state index contributed by atoms with van der Waals surface area (Å²) in [5.41, 5.74) is 0.725. The molecule has 3 heterocycles. The van der Waals surface area contributed by atoms with Gasteiger partial charge in [-0.15, -0.1) is 21.5 Å². The van der Waals surface area contributed by atoms with Crippen LogP contribution >= 0.6 is 34.7 Å². The molecule has 0 spiro atoms. The van der Waals surface area contributed by atoms with Crippen molar-refractivity contribution in [3.8, 4) is 11.6 Å². The molecule has 1 aromatic carbocycles. The van der Waals surface area contributed by atoms with E-state index in [9.17, 15) is 4.79 Å². The summed E-state index contributed by atoms with van der Waals surface area (Å²) in [6.07, 6.45) is 1.65. The third-order valence-electron chi connectivity index (χ3n) is 3.85. The highest BCUT2D eigenvalue weighted by Crippen LogP contribution is 2.31. The molecule has 4 rings (SSSR count). The minimum absolute atomic E-state index is 0.141. The molecule has 1 amide bonds. The number of hydrogen-bond donors (Lipinski definition) is 1. The van der Waals surface area contributed by atoms with E-state index in [1.807, 2.05) is 37.6 Å². The number of rotatable bonds is 5. The maximum atomic E-state index is 12.3. The number of nitrogens with one attached hydrogen (secondary N) is 1. The molecule has 0 aliphatic rings. The normalized spacial score (nSPS) is 12.4. The zero-order chi connectivity index (χ0) is 19.0. The van der Waals surface area contributed by atoms with Gasteiger partial charge in [0.25, 0.3) is 0 Å². The molecule has 0 aliphatic heterocycles. The van der Waals surface area contributed by atoms with Gasteiger partial charge in [0, 0.05) is 29.0 Å². The first-order chi connectivity index (χ1) is 13.0. The van der Waals surface area contributed by atoms with E-state index in [0.29, 0.717) is 26.9 Å². The third kappa shape index (κ3) is 3.71. The van der Waals surface area contributed by atoms with Crippen LogP contribution in [0.5, 0.6) is 0 Å². The number of carbonyl (C=O) groups excluding carboxylic acids is 1. The highest BCUT2D eigenvalue weighted by molar-refractivity contribution is 8.00. The van der Waals surface area contributed by atoms with Crippen molar-refractivity contribution in [2.75, 3.05) is 5.32 Å². The van der Waals surface area contributed by atoms with E-state index < -0.39 is 0 Å². The number of carbonyl (C=O) groups is 1. The second-order valence-corrected chi connectivity index (χ2v) is 8.38. The molecule has 0 saturated carbocycles. The molecule has 1 N–H and O–H groups in total. The largest absolute Gasteiger partial charge is 0.453 e. The van der Waals surface area contributed by atoms with Gasteiger partial charge in [0.15, 0.2) is 21.9 Å². The molecule has 0 radical (unpaired) electrons. The summed E-state index contributed by atoms with van der Waals surface area (Å²) < 4.78 is 7.65. The van der Waals surface area contributed by atoms with Gasteiger partial charge in [-0.25, -0.2) is 4.98 Å². The number of furan rings is 1. The van der Waals surface area contributed by atoms with Crippen molar-refractivity contribution < 1.29 is 9.21 Å². The van der Waals surface area contributed by atoms with E-state index in [0.717, 1.165) is 11.0 Å². The van der Waals surface area contributed by atoms with Crippen LogP contribution in [0.2, 0.25) is 5.02 Å². The van der Waals surface area contributed by atoms with Crippen LogP contribution in [-0.2, 0) is 11.8 Å². The minimum Gasteiger partial charge on any atom is -0.453 e. The monoisotopic (exact) mass is 419 g/mol. The van der Waals surface area contributed by atoms with Crippen molar-refractivity contribution in [1.29, 1.82) is 0 Å². The molecule has 27 heavy (non-hydrogen) atoms. The molecular weight excluding hydrogens is 406 g/mol. The fourth-order valence-electron chi connectivity index (χ4n) is 2.46. The maximum absolute atomic E-state index is 12.3. The highest BCUT2D eigenvalue weighted by Gasteiger charge is 2.21. The Bertz CT molecular complexity index is 1110. The van der Waals surface area contributed by atoms with Crippen LogP contribution in [0.4, 0.5) is 5.13 Å². The van der Waals surface area contributed by atoms with Gasteiger partial charge in [0.1, 0.15) is 5.58 Å². The first kappa shape index (κ1) is 18.0. The van der Waals surface area contributed by atoms with Crippen molar-refractivity contribution in [3.05, 3.63) is 40.9 Å². The fourth-order valence-corrected chi connectivity index (χ4v) is 3.99. The molecule has 3 aromatic heterocycles. The van der Waals surface area contributed by atoms with Gasteiger partial charge in [-0.05, 0) is 31.2 Å². The van der Waals surface area contributed by atoms with Gasteiger partial charge in [-0.3, -0.25) is 4.79 Å². The summed E-state index contributed by atoms with van der Waals surface area (Å²) in [6, 6.07) is 7.30. The zero-order valence-electron chi connectivity index (χ0n) is 14.3. The van der Waals surface area contributed by atoms with Crippen LogP contribution in [0.1, 0.15) is 6.92 Å². The standard InChI is InChI=1S/C17H14ClN5O2S2/c1-9(15(24)20-16-19-5-6-26-16)27-17-22-21-14(23(17)2)13-8-10-7-11(18)3-4-12(10)25-13/h3-9H,1-2H3,(H,19,20,24)/t9-/m1/s1. The number of thioether (sulfide) groups is 1. The van der Waals surface area contributed by atoms with Crippen molar-refractivity contribution >= 4 is 56.7 Å². The van der Waals surface area contributed by atoms with Crippen LogP contribution in [0.3, 0.4) is 0 Å². The highest BCUT2D eigenvalue weighted by atomic mass is 35.5. The second-order valence-electron chi connectivity index (χ2n) is 5.74. The number of hydrogen-bond acceptors (Lipinski definition) is 7. The summed E-state index contributed by atoms with van der Waals surface area (Å²) >= 11 is 8.72. The summed E-state index contributed by atoms with van der Waals surface area (Å²) in [5.74, 6) is 1.03. The Hall–Kier alpha value is -2.36. The molecule has 0 unspecified atom stereocenters. The second kappa shape index (κ2) is 7.34. The van der Waals surface area contributed by atoms with Crippen molar-refractivity contribution in [2.45, 2.75) is 17.3 Å². The van der Waals surface area contributed by atoms with Crippen molar-refractivity contribution in [1.82, 2.24) is 19.7 Å². The number of aromatic nitrogens is 4. The SMILES string of the molecule is C[C@@H](Sc1nnc(-c2cc3cc(Cl)ccc3o2)n1C)C(=O)Nc1nccs1. The predicted octanol–water partition coefficient (Wildman–Crippen LogP) is 4.46. The van der Waals surface area contributed by atoms with Gasteiger partial charge >= 0.3 is 0 Å². The summed E-state index contributed by atoms with van der Waals surface area (Å²) in [6.45, 7) is 1.81. The van der Waals surface area contributed by atoms with Crippen LogP contribution in [0, 0.1) is 0 Å². The predicted molar refractivity (Wildman–Crippen MR) is 107 cm³/mol. The van der Waals surface area contributed by atoms with Crippen LogP contribution in [0.15, 0.2) is 45.4 Å². The molecule has 0 saturated heterocycles. The number of amides is 1. The molecule has 1 atom stereocenters. The lowest BCUT2D eigenvalue weighted by atomic mass is 10.2. The lowest BCUT2D eigenvalue weighted by Gasteiger charge is -2.09. The van der Waals surface area contributed by atoms with Gasteiger partial charge in [0.05, 0.1) is 5.25 Å². The van der Waals surface area contributed by atoms with Gasteiger partial charge in [0.2, 0.25) is 5.91 Å². The van der Waals surface area contributed by atoms with Crippen LogP contribution in [-0.4, -0.2) is 30.9 Å². The Balaban J connectivity index is 1.53. The average Bonchev–Trinajstić information content (AvgIpc) is 3.35. The number of fused-ring (bicyclic) bond motifs is 1. The van der Waals surface area contributed by atoms with E-state index in [2.05, 4.69) is 20.5 Å². The van der Waals surface area contributed by atoms with E-state index in [1.54, 1.807) is 16.8 Å². The topological polar surface area (TPSA) is 85.8 Å². The van der Waals surface area contributed by atoms with Gasteiger partial charge < -0.3 is 14.3 Å². The number of halogens is 1. The van der Waals surface area contributed by atoms with Crippen molar-refractivity contribution in [2.24, 2.45) is 7.05 Å². The molecule has 4 aromatic rings. The summed E-state index contributed by atoms with van der Waals surface area (Å²) in [5, 5.41) is 15.4. The molecule has 7 nitrogen and oxygen atoms in total. The number of benzene rings is 1. The van der Waals surface area contributed by atoms with Gasteiger partial charge in [-0.2, -0.15) is 0 Å². The van der Waals surface area contributed by atoms with Crippen LogP contribution in [0.25, 0.3) is 22.6 Å². The lowest BCUT2D eigenvalue weighted by molar-refractivity contribution is -0.115. The Morgan fingerprint density at radius 1 is 1.37 bits per heavy atom. The van der Waals surface area contributed by atoms with E-state index in [1.165, 1.54) is 23.1 Å². The summed E-state index contributed by atoms with van der Waals surface area (Å²) in [7, 11) is 1.84. The Morgan fingerprint density at radius 2 is 2.22 bits per heavy atom. The molecule has 0 fully saturated rings. The maximum Gasteiger partial charge on any atom is 0.239 e. The number of nitrogens with zero attached hydrogens (tertiary/aromatic N) is 4. The minimum atomic E-state index is -0.362. The molecular formula is C17H14ClN5O2S2. The number of anilines is 1. The van der Waals surface area contributed by atoms with Gasteiger partial charge in [-0.1, -0.05) is 23.4 Å². The Morgan fingerprint density at radius 3 is 3.00 bits per heavy atom. The summed E-state index contributed by atoms with van der Waals surface area (Å²) in [4.78, 5) is 16.4. The first-order valence-corrected chi connectivity index (χ1v) is 10.1. The number of thiazole rings is 1. The quantitative estimate of drug-likeness (QED) is 0.481. The van der Waals surface area contributed by atoms with E-state index in [4.69, 9.17) is 16.0 Å². The lowest BCUT2D eigenvalue weighted by Crippen LogP contribution is -2.22. The Labute approximate surface area is 167 Å². The Kier molecular flexibility index (Phi) is 4.90. The van der Waals surface area contributed by atoms with Crippen molar-refractivity contribution in [3.63, 3.8) is 0 Å². The van der Waals surface area contributed by atoms with E-state index in [-0.39, 0.29) is 11.2 Å². The fraction of sp³-hybridized carbons (Fsp3) is 0.176. The first-order valence-electron chi connectivity index (χ1n) is 7.97. The van der Waals surface area contributed by atoms with E-state index >= 15 is 0 Å². The zero-order valence-corrected chi connectivity index (χ0v) is 16.7. The third-order valence-corrected chi connectivity index (χ3v) is 5.91. The van der Waals surface area contributed by atoms with Crippen LogP contribution < -0.4 is 5.32 Å². The molecule has 10 heteroatoms.